The molecule has 0 bridgehead atoms. The summed E-state index contributed by atoms with van der Waals surface area (Å²) in [7, 11) is 2.99. The van der Waals surface area contributed by atoms with Crippen LogP contribution in [0.15, 0.2) is 28.8 Å². The van der Waals surface area contributed by atoms with Crippen LogP contribution < -0.4 is 20.1 Å². The molecule has 1 atom stereocenters. The van der Waals surface area contributed by atoms with E-state index in [1.807, 2.05) is 41.5 Å². The van der Waals surface area contributed by atoms with Crippen molar-refractivity contribution in [1.29, 1.82) is 0 Å². The van der Waals surface area contributed by atoms with Crippen molar-refractivity contribution in [3.05, 3.63) is 35.6 Å². The molecule has 0 saturated heterocycles. The highest BCUT2D eigenvalue weighted by molar-refractivity contribution is 5.94. The molecular weight excluding hydrogens is 464 g/mol. The van der Waals surface area contributed by atoms with Crippen LogP contribution in [0.25, 0.3) is 0 Å². The van der Waals surface area contributed by atoms with Gasteiger partial charge >= 0.3 is 0 Å². The molecule has 198 valence electrons. The summed E-state index contributed by atoms with van der Waals surface area (Å²) >= 11 is 0. The number of benzene rings is 1. The summed E-state index contributed by atoms with van der Waals surface area (Å²) in [4.78, 5) is 41.3. The molecule has 10 heteroatoms. The van der Waals surface area contributed by atoms with Gasteiger partial charge < -0.3 is 29.5 Å². The Kier molecular flexibility index (Phi) is 9.12. The molecule has 0 aliphatic rings. The second-order valence-corrected chi connectivity index (χ2v) is 10.5. The number of nitrogens with zero attached hydrogens (tertiary/aromatic N) is 2. The van der Waals surface area contributed by atoms with Crippen LogP contribution in [-0.4, -0.2) is 53.1 Å². The Balaban J connectivity index is 2.45. The van der Waals surface area contributed by atoms with Crippen LogP contribution in [0, 0.1) is 6.92 Å². The minimum absolute atomic E-state index is 0.0970. The van der Waals surface area contributed by atoms with E-state index in [9.17, 15) is 14.4 Å². The number of hydrogen-bond donors (Lipinski definition) is 2. The lowest BCUT2D eigenvalue weighted by atomic mass is 9.94. The van der Waals surface area contributed by atoms with E-state index in [-0.39, 0.29) is 36.4 Å². The maximum atomic E-state index is 13.7. The van der Waals surface area contributed by atoms with Crippen molar-refractivity contribution >= 4 is 23.5 Å². The number of amides is 3. The number of anilines is 1. The molecule has 10 nitrogen and oxygen atoms in total. The first kappa shape index (κ1) is 28.7. The van der Waals surface area contributed by atoms with E-state index in [4.69, 9.17) is 14.0 Å². The van der Waals surface area contributed by atoms with Crippen molar-refractivity contribution in [2.75, 3.05) is 19.5 Å². The summed E-state index contributed by atoms with van der Waals surface area (Å²) in [6.07, 6.45) is -0.217. The highest BCUT2D eigenvalue weighted by Gasteiger charge is 2.41. The van der Waals surface area contributed by atoms with Gasteiger partial charge in [-0.15, -0.1) is 0 Å². The average Bonchev–Trinajstić information content (AvgIpc) is 3.17. The van der Waals surface area contributed by atoms with Gasteiger partial charge in [0.05, 0.1) is 14.2 Å². The Morgan fingerprint density at radius 1 is 1.06 bits per heavy atom. The van der Waals surface area contributed by atoms with Crippen LogP contribution in [0.3, 0.4) is 0 Å². The van der Waals surface area contributed by atoms with Gasteiger partial charge in [0.25, 0.3) is 0 Å². The van der Waals surface area contributed by atoms with Crippen LogP contribution in [0.2, 0.25) is 0 Å². The number of ether oxygens (including phenoxy) is 2. The highest BCUT2D eigenvalue weighted by atomic mass is 16.5. The van der Waals surface area contributed by atoms with E-state index >= 15 is 0 Å². The van der Waals surface area contributed by atoms with Gasteiger partial charge in [-0.2, -0.15) is 0 Å². The van der Waals surface area contributed by atoms with Crippen LogP contribution in [0.1, 0.15) is 71.7 Å². The fraction of sp³-hybridized carbons (Fsp3) is 0.538. The van der Waals surface area contributed by atoms with Crippen molar-refractivity contribution in [1.82, 2.24) is 15.4 Å². The number of hydrogen-bond acceptors (Lipinski definition) is 7. The van der Waals surface area contributed by atoms with Gasteiger partial charge in [-0.3, -0.25) is 14.4 Å². The van der Waals surface area contributed by atoms with E-state index in [2.05, 4.69) is 15.8 Å². The van der Waals surface area contributed by atoms with Crippen molar-refractivity contribution in [2.45, 2.75) is 78.4 Å². The first-order valence-corrected chi connectivity index (χ1v) is 11.8. The van der Waals surface area contributed by atoms with Gasteiger partial charge in [-0.1, -0.05) is 17.3 Å². The third-order valence-electron chi connectivity index (χ3n) is 5.19. The molecule has 2 aromatic rings. The Morgan fingerprint density at radius 3 is 2.22 bits per heavy atom. The van der Waals surface area contributed by atoms with Gasteiger partial charge in [0.15, 0.2) is 17.3 Å². The monoisotopic (exact) mass is 502 g/mol. The van der Waals surface area contributed by atoms with Crippen LogP contribution in [0.4, 0.5) is 5.82 Å². The minimum atomic E-state index is -1.04. The second kappa shape index (κ2) is 11.5. The zero-order chi connectivity index (χ0) is 27.3. The van der Waals surface area contributed by atoms with Gasteiger partial charge in [-0.05, 0) is 54.5 Å². The lowest BCUT2D eigenvalue weighted by Crippen LogP contribution is -2.55. The molecular formula is C26H38N4O6. The largest absolute Gasteiger partial charge is 0.493 e. The average molecular weight is 503 g/mol. The Bertz CT molecular complexity index is 1080. The topological polar surface area (TPSA) is 123 Å². The quantitative estimate of drug-likeness (QED) is 0.531. The van der Waals surface area contributed by atoms with E-state index in [0.29, 0.717) is 22.8 Å². The summed E-state index contributed by atoms with van der Waals surface area (Å²) in [6, 6.07) is 5.75. The van der Waals surface area contributed by atoms with E-state index in [0.717, 1.165) is 0 Å². The van der Waals surface area contributed by atoms with E-state index in [1.54, 1.807) is 31.2 Å². The molecule has 0 saturated carbocycles. The van der Waals surface area contributed by atoms with Gasteiger partial charge in [-0.25, -0.2) is 0 Å². The number of aromatic nitrogens is 1. The van der Waals surface area contributed by atoms with E-state index in [1.165, 1.54) is 19.1 Å². The first-order valence-electron chi connectivity index (χ1n) is 11.8. The standard InChI is InChI=1S/C26H38N4O6/c1-16-15-19(29-36-16)27-20(31)13-14-21(32)30(26(5,6)7)22(24(33)28-25(2,3)4)17-11-10-12-18(34-8)23(17)35-9/h10-12,15,22H,13-14H2,1-9H3,(H,28,33)(H,27,29,31)/t22-/m0/s1. The maximum absolute atomic E-state index is 13.7. The SMILES string of the molecule is COc1cccc([C@@H](C(=O)NC(C)(C)C)N(C(=O)CCC(=O)Nc2cc(C)on2)C(C)(C)C)c1OC. The smallest absolute Gasteiger partial charge is 0.248 e. The summed E-state index contributed by atoms with van der Waals surface area (Å²) in [5.41, 5.74) is -0.849. The predicted molar refractivity (Wildman–Crippen MR) is 136 cm³/mol. The molecule has 0 unspecified atom stereocenters. The third kappa shape index (κ3) is 7.47. The Labute approximate surface area is 212 Å². The van der Waals surface area contributed by atoms with E-state index < -0.39 is 17.1 Å². The summed E-state index contributed by atoms with van der Waals surface area (Å²) in [5, 5.41) is 9.34. The second-order valence-electron chi connectivity index (χ2n) is 10.5. The van der Waals surface area contributed by atoms with Gasteiger partial charge in [0.2, 0.25) is 17.7 Å². The zero-order valence-electron chi connectivity index (χ0n) is 22.6. The molecule has 1 heterocycles. The number of carbonyl (C=O) groups is 3. The predicted octanol–water partition coefficient (Wildman–Crippen LogP) is 4.00. The number of rotatable bonds is 9. The molecule has 0 aliphatic heterocycles. The zero-order valence-corrected chi connectivity index (χ0v) is 22.6. The van der Waals surface area contributed by atoms with Crippen LogP contribution >= 0.6 is 0 Å². The minimum Gasteiger partial charge on any atom is -0.493 e. The molecule has 3 amide bonds. The summed E-state index contributed by atoms with van der Waals surface area (Å²) in [5.74, 6) is 0.497. The Hall–Kier alpha value is -3.56. The molecule has 2 rings (SSSR count). The van der Waals surface area contributed by atoms with Crippen molar-refractivity contribution in [3.8, 4) is 11.5 Å². The molecule has 0 spiro atoms. The molecule has 0 radical (unpaired) electrons. The van der Waals surface area contributed by atoms with Crippen molar-refractivity contribution < 1.29 is 28.4 Å². The van der Waals surface area contributed by atoms with Crippen LogP contribution in [0.5, 0.6) is 11.5 Å². The number of carbonyl (C=O) groups excluding carboxylic acids is 3. The number of para-hydroxylation sites is 1. The molecule has 36 heavy (non-hydrogen) atoms. The molecule has 1 aromatic carbocycles. The summed E-state index contributed by atoms with van der Waals surface area (Å²) < 4.78 is 16.0. The lowest BCUT2D eigenvalue weighted by Gasteiger charge is -2.42. The molecule has 0 aliphatic carbocycles. The summed E-state index contributed by atoms with van der Waals surface area (Å²) in [6.45, 7) is 12.8. The number of aryl methyl sites for hydroxylation is 1. The normalized spacial score (nSPS) is 12.5. The molecule has 2 N–H and O–H groups in total. The number of nitrogens with one attached hydrogen (secondary N) is 2. The maximum Gasteiger partial charge on any atom is 0.248 e. The van der Waals surface area contributed by atoms with Gasteiger partial charge in [0.1, 0.15) is 11.8 Å². The Morgan fingerprint density at radius 2 is 1.72 bits per heavy atom. The third-order valence-corrected chi connectivity index (χ3v) is 5.19. The van der Waals surface area contributed by atoms with Crippen molar-refractivity contribution in [3.63, 3.8) is 0 Å². The first-order chi connectivity index (χ1) is 16.7. The molecule has 1 aromatic heterocycles. The van der Waals surface area contributed by atoms with Gasteiger partial charge in [0, 0.05) is 35.5 Å². The van der Waals surface area contributed by atoms with Crippen molar-refractivity contribution in [2.24, 2.45) is 0 Å². The molecule has 0 fully saturated rings. The fourth-order valence-corrected chi connectivity index (χ4v) is 3.84. The van der Waals surface area contributed by atoms with Crippen LogP contribution in [-0.2, 0) is 14.4 Å². The fourth-order valence-electron chi connectivity index (χ4n) is 3.84. The number of methoxy groups -OCH3 is 2. The lowest BCUT2D eigenvalue weighted by molar-refractivity contribution is -0.147. The highest BCUT2D eigenvalue weighted by Crippen LogP contribution is 2.40.